The zero-order valence-corrected chi connectivity index (χ0v) is 6.72. The van der Waals surface area contributed by atoms with E-state index in [-0.39, 0.29) is 5.02 Å². The number of alkyl halides is 2. The molecule has 0 aliphatic rings. The average molecular weight is 194 g/mol. The van der Waals surface area contributed by atoms with Gasteiger partial charge in [-0.1, -0.05) is 11.6 Å². The molecule has 5 heteroatoms. The highest BCUT2D eigenvalue weighted by Crippen LogP contribution is 2.26. The quantitative estimate of drug-likeness (QED) is 0.777. The number of hydrogen-bond acceptors (Lipinski definition) is 2. The van der Waals surface area contributed by atoms with Crippen LogP contribution in [0, 0.1) is 0 Å². The standard InChI is InChI=1S/C7H6ClF2NO/c8-5-1-2-11-6(3-5)7(9,10)4-12/h1-3,12H,4H2. The summed E-state index contributed by atoms with van der Waals surface area (Å²) >= 11 is 5.45. The lowest BCUT2D eigenvalue weighted by Gasteiger charge is -2.11. The van der Waals surface area contributed by atoms with Crippen molar-refractivity contribution < 1.29 is 13.9 Å². The number of hydrogen-bond donors (Lipinski definition) is 1. The highest BCUT2D eigenvalue weighted by molar-refractivity contribution is 6.30. The van der Waals surface area contributed by atoms with Gasteiger partial charge in [0.05, 0.1) is 0 Å². The Hall–Kier alpha value is -0.740. The van der Waals surface area contributed by atoms with E-state index in [1.165, 1.54) is 12.3 Å². The van der Waals surface area contributed by atoms with Crippen molar-refractivity contribution in [1.82, 2.24) is 4.98 Å². The van der Waals surface area contributed by atoms with Crippen molar-refractivity contribution in [3.8, 4) is 0 Å². The van der Waals surface area contributed by atoms with Crippen LogP contribution >= 0.6 is 11.6 Å². The van der Waals surface area contributed by atoms with Gasteiger partial charge in [-0.05, 0) is 12.1 Å². The normalized spacial score (nSPS) is 11.7. The molecule has 1 aromatic rings. The van der Waals surface area contributed by atoms with Gasteiger partial charge in [0.15, 0.2) is 0 Å². The van der Waals surface area contributed by atoms with Gasteiger partial charge in [0.2, 0.25) is 0 Å². The molecule has 0 unspecified atom stereocenters. The Labute approximate surface area is 72.8 Å². The first-order valence-electron chi connectivity index (χ1n) is 3.17. The van der Waals surface area contributed by atoms with Gasteiger partial charge in [-0.25, -0.2) is 0 Å². The van der Waals surface area contributed by atoms with Crippen molar-refractivity contribution in [3.63, 3.8) is 0 Å². The molecule has 1 heterocycles. The molecule has 1 rings (SSSR count). The van der Waals surface area contributed by atoms with Crippen LogP contribution in [0.2, 0.25) is 5.02 Å². The molecule has 0 amide bonds. The summed E-state index contributed by atoms with van der Waals surface area (Å²) < 4.78 is 25.4. The first-order valence-corrected chi connectivity index (χ1v) is 3.55. The van der Waals surface area contributed by atoms with Crippen LogP contribution in [-0.4, -0.2) is 16.7 Å². The summed E-state index contributed by atoms with van der Waals surface area (Å²) in [6, 6.07) is 2.41. The number of halogens is 3. The molecular formula is C7H6ClF2NO. The first-order chi connectivity index (χ1) is 5.56. The number of aliphatic hydroxyl groups is 1. The van der Waals surface area contributed by atoms with Crippen molar-refractivity contribution in [1.29, 1.82) is 0 Å². The maximum Gasteiger partial charge on any atom is 0.312 e. The van der Waals surface area contributed by atoms with E-state index in [9.17, 15) is 8.78 Å². The molecule has 0 atom stereocenters. The molecule has 0 bridgehead atoms. The van der Waals surface area contributed by atoms with Crippen molar-refractivity contribution in [2.24, 2.45) is 0 Å². The molecule has 66 valence electrons. The Bertz CT molecular complexity index is 280. The molecule has 1 N–H and O–H groups in total. The summed E-state index contributed by atoms with van der Waals surface area (Å²) in [4.78, 5) is 3.39. The van der Waals surface area contributed by atoms with Crippen molar-refractivity contribution >= 4 is 11.6 Å². The highest BCUT2D eigenvalue weighted by Gasteiger charge is 2.32. The van der Waals surface area contributed by atoms with Gasteiger partial charge in [-0.2, -0.15) is 8.78 Å². The van der Waals surface area contributed by atoms with Gasteiger partial charge in [0.1, 0.15) is 12.3 Å². The Balaban J connectivity index is 3.03. The summed E-state index contributed by atoms with van der Waals surface area (Å²) in [5, 5.41) is 8.48. The van der Waals surface area contributed by atoms with E-state index in [4.69, 9.17) is 16.7 Å². The fraction of sp³-hybridized carbons (Fsp3) is 0.286. The number of pyridine rings is 1. The van der Waals surface area contributed by atoms with Gasteiger partial charge < -0.3 is 5.11 Å². The zero-order valence-electron chi connectivity index (χ0n) is 5.97. The van der Waals surface area contributed by atoms with Crippen LogP contribution in [-0.2, 0) is 5.92 Å². The van der Waals surface area contributed by atoms with Crippen LogP contribution in [0.5, 0.6) is 0 Å². The second kappa shape index (κ2) is 3.33. The predicted octanol–water partition coefficient (Wildman–Crippen LogP) is 1.82. The maximum absolute atomic E-state index is 12.7. The molecule has 1 aromatic heterocycles. The van der Waals surface area contributed by atoms with Gasteiger partial charge in [-0.15, -0.1) is 0 Å². The van der Waals surface area contributed by atoms with E-state index >= 15 is 0 Å². The molecular weight excluding hydrogens is 188 g/mol. The number of nitrogens with zero attached hydrogens (tertiary/aromatic N) is 1. The third kappa shape index (κ3) is 1.89. The largest absolute Gasteiger partial charge is 0.390 e. The van der Waals surface area contributed by atoms with Crippen LogP contribution in [0.1, 0.15) is 5.69 Å². The lowest BCUT2D eigenvalue weighted by molar-refractivity contribution is -0.0592. The third-order valence-corrected chi connectivity index (χ3v) is 1.53. The summed E-state index contributed by atoms with van der Waals surface area (Å²) in [5.41, 5.74) is -0.516. The van der Waals surface area contributed by atoms with E-state index in [0.29, 0.717) is 0 Å². The molecule has 0 aliphatic carbocycles. The molecule has 0 fully saturated rings. The third-order valence-electron chi connectivity index (χ3n) is 1.30. The van der Waals surface area contributed by atoms with Crippen LogP contribution in [0.3, 0.4) is 0 Å². The summed E-state index contributed by atoms with van der Waals surface area (Å²) in [6.45, 7) is -1.26. The van der Waals surface area contributed by atoms with E-state index in [1.807, 2.05) is 0 Å². The monoisotopic (exact) mass is 193 g/mol. The molecule has 0 radical (unpaired) electrons. The van der Waals surface area contributed by atoms with E-state index in [1.54, 1.807) is 0 Å². The second-order valence-electron chi connectivity index (χ2n) is 2.22. The number of rotatable bonds is 2. The van der Waals surface area contributed by atoms with Crippen LogP contribution in [0.4, 0.5) is 8.78 Å². The average Bonchev–Trinajstić information content (AvgIpc) is 2.05. The van der Waals surface area contributed by atoms with Gasteiger partial charge in [0.25, 0.3) is 0 Å². The smallest absolute Gasteiger partial charge is 0.312 e. The Morgan fingerprint density at radius 1 is 1.58 bits per heavy atom. The summed E-state index contributed by atoms with van der Waals surface area (Å²) in [5.74, 6) is -3.31. The number of aliphatic hydroxyl groups excluding tert-OH is 1. The molecule has 0 spiro atoms. The molecule has 0 saturated heterocycles. The van der Waals surface area contributed by atoms with E-state index in [2.05, 4.69) is 4.98 Å². The fourth-order valence-corrected chi connectivity index (χ4v) is 0.845. The second-order valence-corrected chi connectivity index (χ2v) is 2.66. The van der Waals surface area contributed by atoms with Crippen molar-refractivity contribution in [3.05, 3.63) is 29.0 Å². The topological polar surface area (TPSA) is 33.1 Å². The Morgan fingerprint density at radius 2 is 2.25 bits per heavy atom. The zero-order chi connectivity index (χ0) is 9.19. The van der Waals surface area contributed by atoms with E-state index < -0.39 is 18.2 Å². The minimum absolute atomic E-state index is 0.174. The fourth-order valence-electron chi connectivity index (χ4n) is 0.686. The van der Waals surface area contributed by atoms with Crippen LogP contribution in [0.15, 0.2) is 18.3 Å². The molecule has 12 heavy (non-hydrogen) atoms. The van der Waals surface area contributed by atoms with Crippen LogP contribution in [0.25, 0.3) is 0 Å². The Kier molecular flexibility index (Phi) is 2.59. The lowest BCUT2D eigenvalue weighted by atomic mass is 10.2. The highest BCUT2D eigenvalue weighted by atomic mass is 35.5. The van der Waals surface area contributed by atoms with Crippen molar-refractivity contribution in [2.45, 2.75) is 5.92 Å². The predicted molar refractivity (Wildman–Crippen MR) is 40.2 cm³/mol. The number of aromatic nitrogens is 1. The SMILES string of the molecule is OCC(F)(F)c1cc(Cl)ccn1. The van der Waals surface area contributed by atoms with Crippen molar-refractivity contribution in [2.75, 3.05) is 6.61 Å². The minimum atomic E-state index is -3.31. The Morgan fingerprint density at radius 3 is 2.75 bits per heavy atom. The molecule has 0 aliphatic heterocycles. The molecule has 0 saturated carbocycles. The van der Waals surface area contributed by atoms with Gasteiger partial charge in [0, 0.05) is 11.2 Å². The van der Waals surface area contributed by atoms with Gasteiger partial charge >= 0.3 is 5.92 Å². The summed E-state index contributed by atoms with van der Waals surface area (Å²) in [7, 11) is 0. The molecule has 2 nitrogen and oxygen atoms in total. The van der Waals surface area contributed by atoms with Gasteiger partial charge in [-0.3, -0.25) is 4.98 Å². The molecule has 0 aromatic carbocycles. The summed E-state index contributed by atoms with van der Waals surface area (Å²) in [6.07, 6.45) is 1.17. The van der Waals surface area contributed by atoms with E-state index in [0.717, 1.165) is 6.07 Å². The maximum atomic E-state index is 12.7. The minimum Gasteiger partial charge on any atom is -0.390 e. The van der Waals surface area contributed by atoms with Crippen LogP contribution < -0.4 is 0 Å². The lowest BCUT2D eigenvalue weighted by Crippen LogP contribution is -2.19. The first kappa shape index (κ1) is 9.35.